The summed E-state index contributed by atoms with van der Waals surface area (Å²) in [6, 6.07) is 7.07. The van der Waals surface area contributed by atoms with Crippen molar-refractivity contribution in [1.82, 2.24) is 10.1 Å². The fourth-order valence-corrected chi connectivity index (χ4v) is 1.39. The quantitative estimate of drug-likeness (QED) is 0.839. The van der Waals surface area contributed by atoms with E-state index in [4.69, 9.17) is 19.1 Å². The number of aliphatic carboxylic acids is 1. The van der Waals surface area contributed by atoms with E-state index in [1.165, 1.54) is 0 Å². The number of aromatic nitrogens is 2. The van der Waals surface area contributed by atoms with Crippen molar-refractivity contribution in [2.45, 2.75) is 13.0 Å². The van der Waals surface area contributed by atoms with E-state index in [0.29, 0.717) is 17.3 Å². The van der Waals surface area contributed by atoms with Crippen LogP contribution in [0.25, 0.3) is 0 Å². The molecule has 1 aromatic heterocycles. The first-order valence-electron chi connectivity index (χ1n) is 5.47. The highest BCUT2D eigenvalue weighted by Crippen LogP contribution is 2.19. The maximum absolute atomic E-state index is 10.5. The van der Waals surface area contributed by atoms with Crippen LogP contribution >= 0.6 is 0 Å². The predicted octanol–water partition coefficient (Wildman–Crippen LogP) is 1.28. The van der Waals surface area contributed by atoms with Gasteiger partial charge in [0.2, 0.25) is 11.7 Å². The number of hydrogen-bond acceptors (Lipinski definition) is 6. The smallest absolute Gasteiger partial charge is 0.312 e. The lowest BCUT2D eigenvalue weighted by Gasteiger charge is -2.04. The van der Waals surface area contributed by atoms with Crippen LogP contribution in [0.4, 0.5) is 0 Å². The zero-order chi connectivity index (χ0) is 13.7. The highest BCUT2D eigenvalue weighted by atomic mass is 16.5. The van der Waals surface area contributed by atoms with Gasteiger partial charge in [0, 0.05) is 6.07 Å². The standard InChI is InChI=1S/C12H12N2O5/c1-17-8-3-2-4-9(5-8)18-7-10-13-11(19-14-10)6-12(15)16/h2-5H,6-7H2,1H3,(H,15,16). The van der Waals surface area contributed by atoms with Crippen molar-refractivity contribution in [2.24, 2.45) is 0 Å². The van der Waals surface area contributed by atoms with E-state index in [1.54, 1.807) is 31.4 Å². The van der Waals surface area contributed by atoms with Crippen LogP contribution in [0.15, 0.2) is 28.8 Å². The average Bonchev–Trinajstić information content (AvgIpc) is 2.83. The molecule has 0 amide bonds. The van der Waals surface area contributed by atoms with Gasteiger partial charge in [-0.3, -0.25) is 4.79 Å². The first kappa shape index (κ1) is 12.9. The van der Waals surface area contributed by atoms with Crippen molar-refractivity contribution >= 4 is 5.97 Å². The minimum atomic E-state index is -1.02. The number of carboxylic acid groups (broad SMARTS) is 1. The fraction of sp³-hybridized carbons (Fsp3) is 0.250. The molecule has 0 spiro atoms. The van der Waals surface area contributed by atoms with Crippen molar-refractivity contribution in [2.75, 3.05) is 7.11 Å². The Balaban J connectivity index is 1.94. The summed E-state index contributed by atoms with van der Waals surface area (Å²) in [6.07, 6.45) is -0.299. The summed E-state index contributed by atoms with van der Waals surface area (Å²) in [5, 5.41) is 12.2. The summed E-state index contributed by atoms with van der Waals surface area (Å²) >= 11 is 0. The summed E-state index contributed by atoms with van der Waals surface area (Å²) in [5.74, 6) is 0.598. The normalized spacial score (nSPS) is 10.2. The first-order valence-corrected chi connectivity index (χ1v) is 5.47. The molecule has 1 N–H and O–H groups in total. The molecule has 0 aliphatic heterocycles. The van der Waals surface area contributed by atoms with Gasteiger partial charge in [0.1, 0.15) is 17.9 Å². The summed E-state index contributed by atoms with van der Waals surface area (Å²) in [4.78, 5) is 14.3. The lowest BCUT2D eigenvalue weighted by atomic mass is 10.3. The van der Waals surface area contributed by atoms with E-state index in [9.17, 15) is 4.79 Å². The molecule has 0 saturated heterocycles. The van der Waals surface area contributed by atoms with Crippen LogP contribution in [0.5, 0.6) is 11.5 Å². The lowest BCUT2D eigenvalue weighted by Crippen LogP contribution is -2.01. The van der Waals surface area contributed by atoms with Gasteiger partial charge in [-0.2, -0.15) is 4.98 Å². The Kier molecular flexibility index (Phi) is 3.97. The Bertz CT molecular complexity index is 567. The number of rotatable bonds is 6. The van der Waals surface area contributed by atoms with Gasteiger partial charge in [0.05, 0.1) is 7.11 Å². The number of benzene rings is 1. The molecule has 0 radical (unpaired) electrons. The van der Waals surface area contributed by atoms with Crippen molar-refractivity contribution in [3.63, 3.8) is 0 Å². The molecule has 0 saturated carbocycles. The molecule has 100 valence electrons. The van der Waals surface area contributed by atoms with Gasteiger partial charge < -0.3 is 19.1 Å². The molecule has 0 atom stereocenters. The van der Waals surface area contributed by atoms with Crippen LogP contribution in [-0.2, 0) is 17.8 Å². The Labute approximate surface area is 108 Å². The zero-order valence-electron chi connectivity index (χ0n) is 10.2. The van der Waals surface area contributed by atoms with Gasteiger partial charge in [0.15, 0.2) is 6.61 Å². The molecule has 0 aliphatic rings. The van der Waals surface area contributed by atoms with Crippen molar-refractivity contribution < 1.29 is 23.9 Å². The number of methoxy groups -OCH3 is 1. The summed E-state index contributed by atoms with van der Waals surface area (Å²) < 4.78 is 15.3. The fourth-order valence-electron chi connectivity index (χ4n) is 1.39. The molecule has 0 aliphatic carbocycles. The Morgan fingerprint density at radius 1 is 1.42 bits per heavy atom. The number of hydrogen-bond donors (Lipinski definition) is 1. The molecule has 0 unspecified atom stereocenters. The summed E-state index contributed by atoms with van der Waals surface area (Å²) in [6.45, 7) is 0.0935. The zero-order valence-corrected chi connectivity index (χ0v) is 10.2. The van der Waals surface area contributed by atoms with Gasteiger partial charge in [0.25, 0.3) is 0 Å². The second-order valence-corrected chi connectivity index (χ2v) is 3.64. The maximum Gasteiger partial charge on any atom is 0.312 e. The molecular formula is C12H12N2O5. The second-order valence-electron chi connectivity index (χ2n) is 3.64. The average molecular weight is 264 g/mol. The minimum absolute atomic E-state index is 0.0525. The molecule has 7 nitrogen and oxygen atoms in total. The van der Waals surface area contributed by atoms with E-state index < -0.39 is 5.97 Å². The van der Waals surface area contributed by atoms with Gasteiger partial charge in [-0.05, 0) is 12.1 Å². The molecule has 19 heavy (non-hydrogen) atoms. The van der Waals surface area contributed by atoms with E-state index in [-0.39, 0.29) is 18.9 Å². The SMILES string of the molecule is COc1cccc(OCc2noc(CC(=O)O)n2)c1. The molecular weight excluding hydrogens is 252 g/mol. The molecule has 1 heterocycles. The van der Waals surface area contributed by atoms with Crippen LogP contribution in [-0.4, -0.2) is 28.3 Å². The third kappa shape index (κ3) is 3.70. The molecule has 0 fully saturated rings. The Hall–Kier alpha value is -2.57. The van der Waals surface area contributed by atoms with E-state index >= 15 is 0 Å². The molecule has 1 aromatic carbocycles. The number of ether oxygens (including phenoxy) is 2. The van der Waals surface area contributed by atoms with Crippen LogP contribution in [0.2, 0.25) is 0 Å². The third-order valence-corrected chi connectivity index (χ3v) is 2.22. The van der Waals surface area contributed by atoms with Gasteiger partial charge in [-0.15, -0.1) is 0 Å². The van der Waals surface area contributed by atoms with Crippen LogP contribution in [0, 0.1) is 0 Å². The van der Waals surface area contributed by atoms with Crippen LogP contribution < -0.4 is 9.47 Å². The topological polar surface area (TPSA) is 94.7 Å². The lowest BCUT2D eigenvalue weighted by molar-refractivity contribution is -0.136. The van der Waals surface area contributed by atoms with E-state index in [1.807, 2.05) is 0 Å². The number of nitrogens with zero attached hydrogens (tertiary/aromatic N) is 2. The summed E-state index contributed by atoms with van der Waals surface area (Å²) in [5.41, 5.74) is 0. The molecule has 2 aromatic rings. The maximum atomic E-state index is 10.5. The number of carbonyl (C=O) groups is 1. The Morgan fingerprint density at radius 2 is 2.21 bits per heavy atom. The molecule has 0 bridgehead atoms. The largest absolute Gasteiger partial charge is 0.497 e. The highest BCUT2D eigenvalue weighted by Gasteiger charge is 2.10. The predicted molar refractivity (Wildman–Crippen MR) is 63.0 cm³/mol. The number of carboxylic acids is 1. The monoisotopic (exact) mass is 264 g/mol. The van der Waals surface area contributed by atoms with Gasteiger partial charge >= 0.3 is 5.97 Å². The van der Waals surface area contributed by atoms with Crippen LogP contribution in [0.1, 0.15) is 11.7 Å². The van der Waals surface area contributed by atoms with Crippen molar-refractivity contribution in [1.29, 1.82) is 0 Å². The first-order chi connectivity index (χ1) is 9.17. The third-order valence-electron chi connectivity index (χ3n) is 2.22. The van der Waals surface area contributed by atoms with Gasteiger partial charge in [-0.1, -0.05) is 11.2 Å². The highest BCUT2D eigenvalue weighted by molar-refractivity contribution is 5.68. The molecule has 7 heteroatoms. The minimum Gasteiger partial charge on any atom is -0.497 e. The summed E-state index contributed by atoms with van der Waals surface area (Å²) in [7, 11) is 1.57. The van der Waals surface area contributed by atoms with Crippen molar-refractivity contribution in [3.8, 4) is 11.5 Å². The van der Waals surface area contributed by atoms with Crippen LogP contribution in [0.3, 0.4) is 0 Å². The van der Waals surface area contributed by atoms with E-state index in [0.717, 1.165) is 0 Å². The van der Waals surface area contributed by atoms with Crippen molar-refractivity contribution in [3.05, 3.63) is 36.0 Å². The Morgan fingerprint density at radius 3 is 2.95 bits per heavy atom. The second kappa shape index (κ2) is 5.85. The molecule has 2 rings (SSSR count). The van der Waals surface area contributed by atoms with E-state index in [2.05, 4.69) is 10.1 Å². The van der Waals surface area contributed by atoms with Gasteiger partial charge in [-0.25, -0.2) is 0 Å².